The summed E-state index contributed by atoms with van der Waals surface area (Å²) < 4.78 is 4.95. The number of amides is 3. The third kappa shape index (κ3) is 5.01. The van der Waals surface area contributed by atoms with Crippen LogP contribution in [0.2, 0.25) is 0 Å². The molecule has 7 heteroatoms. The first-order valence-electron chi connectivity index (χ1n) is 8.94. The highest BCUT2D eigenvalue weighted by Gasteiger charge is 2.28. The van der Waals surface area contributed by atoms with Crippen LogP contribution in [-0.4, -0.2) is 30.2 Å². The molecule has 27 heavy (non-hydrogen) atoms. The van der Waals surface area contributed by atoms with Gasteiger partial charge in [0.15, 0.2) is 0 Å². The van der Waals surface area contributed by atoms with Gasteiger partial charge in [-0.25, -0.2) is 9.59 Å². The second-order valence-electron chi connectivity index (χ2n) is 7.65. The molecule has 3 rings (SSSR count). The van der Waals surface area contributed by atoms with Crippen molar-refractivity contribution >= 4 is 29.1 Å². The number of anilines is 1. The van der Waals surface area contributed by atoms with E-state index in [1.165, 1.54) is 0 Å². The van der Waals surface area contributed by atoms with Crippen LogP contribution in [0.15, 0.2) is 41.8 Å². The topological polar surface area (TPSA) is 70.7 Å². The Hall–Kier alpha value is -2.54. The SMILES string of the molecule is CC(C)(C)[C@H](NC(=O)Nc1cccc(CN2CCOC2=O)c1)c1cccs1. The summed E-state index contributed by atoms with van der Waals surface area (Å²) in [5, 5.41) is 8.00. The molecule has 1 aromatic carbocycles. The molecule has 2 N–H and O–H groups in total. The third-order valence-corrected chi connectivity index (χ3v) is 5.31. The Morgan fingerprint density at radius 3 is 2.74 bits per heavy atom. The predicted octanol–water partition coefficient (Wildman–Crippen LogP) is 4.61. The second-order valence-corrected chi connectivity index (χ2v) is 8.63. The normalized spacial score (nSPS) is 15.4. The number of hydrogen-bond donors (Lipinski definition) is 2. The molecule has 144 valence electrons. The van der Waals surface area contributed by atoms with E-state index in [1.54, 1.807) is 16.2 Å². The summed E-state index contributed by atoms with van der Waals surface area (Å²) in [5.74, 6) is 0. The van der Waals surface area contributed by atoms with Crippen LogP contribution in [0.1, 0.15) is 37.3 Å². The lowest BCUT2D eigenvalue weighted by Crippen LogP contribution is -2.38. The number of cyclic esters (lactones) is 1. The van der Waals surface area contributed by atoms with E-state index in [-0.39, 0.29) is 23.6 Å². The Morgan fingerprint density at radius 2 is 2.11 bits per heavy atom. The van der Waals surface area contributed by atoms with E-state index in [4.69, 9.17) is 4.74 Å². The van der Waals surface area contributed by atoms with Gasteiger partial charge < -0.3 is 20.3 Å². The van der Waals surface area contributed by atoms with Crippen molar-refractivity contribution in [2.24, 2.45) is 5.41 Å². The van der Waals surface area contributed by atoms with Crippen molar-refractivity contribution in [3.8, 4) is 0 Å². The zero-order valence-corrected chi connectivity index (χ0v) is 16.6. The van der Waals surface area contributed by atoms with Crippen molar-refractivity contribution in [2.45, 2.75) is 33.4 Å². The second kappa shape index (κ2) is 8.00. The van der Waals surface area contributed by atoms with Crippen LogP contribution >= 0.6 is 11.3 Å². The zero-order chi connectivity index (χ0) is 19.4. The minimum absolute atomic E-state index is 0.0833. The molecule has 0 aliphatic carbocycles. The lowest BCUT2D eigenvalue weighted by Gasteiger charge is -2.30. The fourth-order valence-corrected chi connectivity index (χ4v) is 4.03. The van der Waals surface area contributed by atoms with Gasteiger partial charge in [-0.1, -0.05) is 39.0 Å². The van der Waals surface area contributed by atoms with Crippen LogP contribution in [0.4, 0.5) is 15.3 Å². The van der Waals surface area contributed by atoms with Gasteiger partial charge in [0, 0.05) is 17.1 Å². The fourth-order valence-electron chi connectivity index (χ4n) is 3.01. The first-order valence-corrected chi connectivity index (χ1v) is 9.82. The highest BCUT2D eigenvalue weighted by molar-refractivity contribution is 7.10. The highest BCUT2D eigenvalue weighted by atomic mass is 32.1. The first-order chi connectivity index (χ1) is 12.8. The maximum atomic E-state index is 12.6. The number of nitrogens with one attached hydrogen (secondary N) is 2. The molecular weight excluding hydrogens is 362 g/mol. The minimum Gasteiger partial charge on any atom is -0.448 e. The van der Waals surface area contributed by atoms with Crippen molar-refractivity contribution in [3.05, 3.63) is 52.2 Å². The zero-order valence-electron chi connectivity index (χ0n) is 15.8. The molecule has 1 aliphatic rings. The van der Waals surface area contributed by atoms with Crippen LogP contribution < -0.4 is 10.6 Å². The van der Waals surface area contributed by atoms with Gasteiger partial charge >= 0.3 is 12.1 Å². The van der Waals surface area contributed by atoms with E-state index in [1.807, 2.05) is 41.8 Å². The van der Waals surface area contributed by atoms with Crippen LogP contribution in [-0.2, 0) is 11.3 Å². The maximum Gasteiger partial charge on any atom is 0.410 e. The van der Waals surface area contributed by atoms with Gasteiger partial charge in [0.1, 0.15) is 6.61 Å². The molecule has 0 saturated carbocycles. The van der Waals surface area contributed by atoms with Gasteiger partial charge in [0.05, 0.1) is 12.6 Å². The predicted molar refractivity (Wildman–Crippen MR) is 107 cm³/mol. The molecule has 0 unspecified atom stereocenters. The van der Waals surface area contributed by atoms with E-state index >= 15 is 0 Å². The summed E-state index contributed by atoms with van der Waals surface area (Å²) in [4.78, 5) is 26.9. The Balaban J connectivity index is 1.65. The molecule has 0 spiro atoms. The minimum atomic E-state index is -0.296. The van der Waals surface area contributed by atoms with Crippen molar-refractivity contribution in [2.75, 3.05) is 18.5 Å². The number of rotatable bonds is 5. The molecule has 1 aliphatic heterocycles. The standard InChI is InChI=1S/C20H25N3O3S/c1-20(2,3)17(16-8-5-11-27-16)22-18(24)21-15-7-4-6-14(12-15)13-23-9-10-26-19(23)25/h4-8,11-12,17H,9-10,13H2,1-3H3,(H2,21,22,24)/t17-/m1/s1. The lowest BCUT2D eigenvalue weighted by molar-refractivity contribution is 0.157. The van der Waals surface area contributed by atoms with Crippen LogP contribution in [0.3, 0.4) is 0 Å². The van der Waals surface area contributed by atoms with Gasteiger partial charge in [0.25, 0.3) is 0 Å². The Bertz CT molecular complexity index is 799. The van der Waals surface area contributed by atoms with Crippen molar-refractivity contribution in [1.29, 1.82) is 0 Å². The van der Waals surface area contributed by atoms with E-state index in [0.29, 0.717) is 25.4 Å². The Labute approximate surface area is 163 Å². The number of carbonyl (C=O) groups excluding carboxylic acids is 2. The number of carbonyl (C=O) groups is 2. The number of nitrogens with zero attached hydrogens (tertiary/aromatic N) is 1. The largest absolute Gasteiger partial charge is 0.448 e. The summed E-state index contributed by atoms with van der Waals surface area (Å²) in [6.45, 7) is 7.80. The number of thiophene rings is 1. The molecule has 0 bridgehead atoms. The quantitative estimate of drug-likeness (QED) is 0.787. The molecule has 1 aromatic heterocycles. The van der Waals surface area contributed by atoms with E-state index in [2.05, 4.69) is 31.4 Å². The summed E-state index contributed by atoms with van der Waals surface area (Å²) in [6, 6.07) is 11.2. The van der Waals surface area contributed by atoms with Crippen molar-refractivity contribution in [3.63, 3.8) is 0 Å². The molecule has 0 radical (unpaired) electrons. The van der Waals surface area contributed by atoms with Gasteiger partial charge in [-0.05, 0) is 34.6 Å². The number of benzene rings is 1. The third-order valence-electron chi connectivity index (χ3n) is 4.37. The molecule has 2 aromatic rings. The van der Waals surface area contributed by atoms with Crippen LogP contribution in [0.25, 0.3) is 0 Å². The number of ether oxygens (including phenoxy) is 1. The summed E-state index contributed by atoms with van der Waals surface area (Å²) in [5.41, 5.74) is 1.52. The highest BCUT2D eigenvalue weighted by Crippen LogP contribution is 2.35. The van der Waals surface area contributed by atoms with Crippen LogP contribution in [0, 0.1) is 5.41 Å². The van der Waals surface area contributed by atoms with Crippen LogP contribution in [0.5, 0.6) is 0 Å². The van der Waals surface area contributed by atoms with E-state index in [9.17, 15) is 9.59 Å². The lowest BCUT2D eigenvalue weighted by atomic mass is 9.86. The summed E-state index contributed by atoms with van der Waals surface area (Å²) in [7, 11) is 0. The average molecular weight is 388 g/mol. The van der Waals surface area contributed by atoms with Gasteiger partial charge in [-0.3, -0.25) is 0 Å². The monoisotopic (exact) mass is 387 g/mol. The van der Waals surface area contributed by atoms with Gasteiger partial charge in [-0.2, -0.15) is 0 Å². The molecular formula is C20H25N3O3S. The maximum absolute atomic E-state index is 12.6. The van der Waals surface area contributed by atoms with E-state index in [0.717, 1.165) is 10.4 Å². The first kappa shape index (κ1) is 19.2. The number of hydrogen-bond acceptors (Lipinski definition) is 4. The summed E-state index contributed by atoms with van der Waals surface area (Å²) >= 11 is 1.63. The summed E-state index contributed by atoms with van der Waals surface area (Å²) in [6.07, 6.45) is -0.296. The molecule has 3 amide bonds. The molecule has 1 atom stereocenters. The molecule has 6 nitrogen and oxygen atoms in total. The van der Waals surface area contributed by atoms with Gasteiger partial charge in [-0.15, -0.1) is 11.3 Å². The van der Waals surface area contributed by atoms with Gasteiger partial charge in [0.2, 0.25) is 0 Å². The Kier molecular flexibility index (Phi) is 5.70. The average Bonchev–Trinajstić information content (AvgIpc) is 3.24. The number of urea groups is 1. The van der Waals surface area contributed by atoms with E-state index < -0.39 is 0 Å². The van der Waals surface area contributed by atoms with Crippen molar-refractivity contribution in [1.82, 2.24) is 10.2 Å². The molecule has 1 saturated heterocycles. The molecule has 1 fully saturated rings. The van der Waals surface area contributed by atoms with Crippen molar-refractivity contribution < 1.29 is 14.3 Å². The Morgan fingerprint density at radius 1 is 1.30 bits per heavy atom. The fraction of sp³-hybridized carbons (Fsp3) is 0.400. The molecule has 2 heterocycles. The smallest absolute Gasteiger partial charge is 0.410 e.